The van der Waals surface area contributed by atoms with Crippen molar-refractivity contribution in [2.24, 2.45) is 0 Å². The Bertz CT molecular complexity index is 1260. The van der Waals surface area contributed by atoms with E-state index in [0.29, 0.717) is 24.8 Å². The first kappa shape index (κ1) is 25.3. The highest BCUT2D eigenvalue weighted by atomic mass is 19.1. The van der Waals surface area contributed by atoms with Crippen LogP contribution in [-0.4, -0.2) is 63.6 Å². The first-order valence-electron chi connectivity index (χ1n) is 11.6. The Morgan fingerprint density at radius 3 is 2.50 bits per heavy atom. The average Bonchev–Trinajstić information content (AvgIpc) is 3.08. The van der Waals surface area contributed by atoms with E-state index in [1.165, 1.54) is 42.9 Å². The largest absolute Gasteiger partial charge is 0.501 e. The molecule has 2 aromatic rings. The summed E-state index contributed by atoms with van der Waals surface area (Å²) in [6.07, 6.45) is 1.32. The van der Waals surface area contributed by atoms with Crippen LogP contribution in [-0.2, 0) is 33.0 Å². The first-order valence-corrected chi connectivity index (χ1v) is 11.6. The van der Waals surface area contributed by atoms with Gasteiger partial charge in [-0.2, -0.15) is 0 Å². The number of carbonyl (C=O) groups is 3. The standard InChI is InChI=1S/C24H28FN5O6/c1-4-23-9-10-24(13-36-23,28-19(33)21(35)29(2)3)22-27-16(17(31)20(34)30(22)12-23)18(32)26-11-14-5-7-15(25)8-6-14/h5-8,31H,4,9-13H2,1-3H3,(H,26,32)(H,28,33). The van der Waals surface area contributed by atoms with Crippen LogP contribution in [0.5, 0.6) is 5.75 Å². The first-order chi connectivity index (χ1) is 17.0. The van der Waals surface area contributed by atoms with Gasteiger partial charge in [-0.1, -0.05) is 19.1 Å². The van der Waals surface area contributed by atoms with Crippen molar-refractivity contribution < 1.29 is 28.6 Å². The van der Waals surface area contributed by atoms with Crippen LogP contribution < -0.4 is 16.2 Å². The van der Waals surface area contributed by atoms with Gasteiger partial charge in [0.05, 0.1) is 18.8 Å². The van der Waals surface area contributed by atoms with Crippen molar-refractivity contribution >= 4 is 17.7 Å². The Labute approximate surface area is 206 Å². The summed E-state index contributed by atoms with van der Waals surface area (Å²) in [6, 6.07) is 5.46. The molecule has 2 atom stereocenters. The smallest absolute Gasteiger partial charge is 0.311 e. The number of fused-ring (bicyclic) bond motifs is 2. The zero-order chi connectivity index (χ0) is 26.3. The van der Waals surface area contributed by atoms with Crippen LogP contribution in [0.2, 0.25) is 0 Å². The van der Waals surface area contributed by atoms with Gasteiger partial charge in [0.1, 0.15) is 17.2 Å². The van der Waals surface area contributed by atoms with Gasteiger partial charge in [0.15, 0.2) is 5.69 Å². The molecule has 0 aliphatic carbocycles. The number of aromatic nitrogens is 2. The molecule has 2 bridgehead atoms. The normalized spacial score (nSPS) is 22.3. The summed E-state index contributed by atoms with van der Waals surface area (Å²) >= 11 is 0. The lowest BCUT2D eigenvalue weighted by atomic mass is 9.83. The average molecular weight is 502 g/mol. The second-order valence-electron chi connectivity index (χ2n) is 9.39. The minimum atomic E-state index is -1.36. The minimum Gasteiger partial charge on any atom is -0.501 e. The molecule has 1 fully saturated rings. The summed E-state index contributed by atoms with van der Waals surface area (Å²) < 4.78 is 20.5. The zero-order valence-electron chi connectivity index (χ0n) is 20.3. The van der Waals surface area contributed by atoms with E-state index in [1.54, 1.807) is 0 Å². The molecule has 3 aliphatic rings. The molecule has 0 radical (unpaired) electrons. The van der Waals surface area contributed by atoms with Crippen LogP contribution in [0.4, 0.5) is 4.39 Å². The Hall–Kier alpha value is -3.80. The predicted molar refractivity (Wildman–Crippen MR) is 124 cm³/mol. The summed E-state index contributed by atoms with van der Waals surface area (Å²) in [5.74, 6) is -3.77. The third-order valence-electron chi connectivity index (χ3n) is 6.83. The molecule has 3 N–H and O–H groups in total. The number of rotatable bonds is 5. The molecule has 3 aliphatic heterocycles. The molecule has 0 spiro atoms. The Balaban J connectivity index is 1.74. The van der Waals surface area contributed by atoms with Gasteiger partial charge in [-0.15, -0.1) is 0 Å². The van der Waals surface area contributed by atoms with Gasteiger partial charge in [-0.05, 0) is 37.0 Å². The van der Waals surface area contributed by atoms with Gasteiger partial charge in [0, 0.05) is 20.6 Å². The van der Waals surface area contributed by atoms with Crippen molar-refractivity contribution in [3.05, 3.63) is 57.5 Å². The summed E-state index contributed by atoms with van der Waals surface area (Å²) in [5, 5.41) is 15.9. The van der Waals surface area contributed by atoms with E-state index in [2.05, 4.69) is 15.6 Å². The number of nitrogens with zero attached hydrogens (tertiary/aromatic N) is 3. The Morgan fingerprint density at radius 1 is 1.22 bits per heavy atom. The molecule has 1 aromatic heterocycles. The molecule has 1 saturated heterocycles. The highest BCUT2D eigenvalue weighted by Gasteiger charge is 2.52. The number of likely N-dealkylation sites (N-methyl/N-ethyl adjacent to an activating group) is 1. The molecular weight excluding hydrogens is 473 g/mol. The van der Waals surface area contributed by atoms with Gasteiger partial charge >= 0.3 is 11.8 Å². The molecule has 36 heavy (non-hydrogen) atoms. The van der Waals surface area contributed by atoms with Crippen LogP contribution in [0.3, 0.4) is 0 Å². The second-order valence-corrected chi connectivity index (χ2v) is 9.39. The maximum absolute atomic E-state index is 13.3. The summed E-state index contributed by atoms with van der Waals surface area (Å²) in [7, 11) is 2.87. The maximum atomic E-state index is 13.3. The number of carbonyl (C=O) groups excluding carboxylic acids is 3. The number of hydrogen-bond acceptors (Lipinski definition) is 7. The topological polar surface area (TPSA) is 143 Å². The molecule has 4 heterocycles. The number of halogens is 1. The summed E-state index contributed by atoms with van der Waals surface area (Å²) in [4.78, 5) is 56.7. The van der Waals surface area contributed by atoms with E-state index >= 15 is 0 Å². The maximum Gasteiger partial charge on any atom is 0.311 e. The summed E-state index contributed by atoms with van der Waals surface area (Å²) in [5.41, 5.74) is -2.86. The van der Waals surface area contributed by atoms with E-state index in [1.807, 2.05) is 6.92 Å². The van der Waals surface area contributed by atoms with Gasteiger partial charge in [0.25, 0.3) is 11.5 Å². The van der Waals surface area contributed by atoms with E-state index in [9.17, 15) is 28.7 Å². The highest BCUT2D eigenvalue weighted by molar-refractivity contribution is 6.35. The fourth-order valence-corrected chi connectivity index (χ4v) is 4.55. The van der Waals surface area contributed by atoms with Crippen LogP contribution >= 0.6 is 0 Å². The van der Waals surface area contributed by atoms with Crippen LogP contribution in [0.25, 0.3) is 0 Å². The Morgan fingerprint density at radius 2 is 1.92 bits per heavy atom. The summed E-state index contributed by atoms with van der Waals surface area (Å²) in [6.45, 7) is 1.90. The fraction of sp³-hybridized carbons (Fsp3) is 0.458. The van der Waals surface area contributed by atoms with Crippen LogP contribution in [0, 0.1) is 5.82 Å². The molecule has 0 saturated carbocycles. The van der Waals surface area contributed by atoms with Gasteiger partial charge in [0.2, 0.25) is 5.75 Å². The lowest BCUT2D eigenvalue weighted by Gasteiger charge is -2.41. The number of hydrogen-bond donors (Lipinski definition) is 3. The quantitative estimate of drug-likeness (QED) is 0.503. The molecule has 2 unspecified atom stereocenters. The van der Waals surface area contributed by atoms with Gasteiger partial charge < -0.3 is 25.4 Å². The fourth-order valence-electron chi connectivity index (χ4n) is 4.55. The van der Waals surface area contributed by atoms with Crippen molar-refractivity contribution in [1.29, 1.82) is 0 Å². The lowest BCUT2D eigenvalue weighted by Crippen LogP contribution is -2.57. The van der Waals surface area contributed by atoms with E-state index in [0.717, 1.165) is 4.90 Å². The number of nitrogens with one attached hydrogen (secondary N) is 2. The second kappa shape index (κ2) is 9.34. The molecule has 1 aromatic carbocycles. The van der Waals surface area contributed by atoms with Crippen molar-refractivity contribution in [3.8, 4) is 5.75 Å². The number of ether oxygens (including phenoxy) is 1. The third-order valence-corrected chi connectivity index (χ3v) is 6.83. The molecule has 12 heteroatoms. The lowest BCUT2D eigenvalue weighted by molar-refractivity contribution is -0.150. The SMILES string of the molecule is CCC12CCC(NC(=O)C(=O)N(C)C)(CO1)c1nc(C(=O)NCc3ccc(F)cc3)c(O)c(=O)n1C2. The molecule has 5 rings (SSSR count). The van der Waals surface area contributed by atoms with Crippen molar-refractivity contribution in [2.45, 2.75) is 50.4 Å². The van der Waals surface area contributed by atoms with Crippen molar-refractivity contribution in [1.82, 2.24) is 25.1 Å². The Kier molecular flexibility index (Phi) is 6.56. The molecule has 11 nitrogen and oxygen atoms in total. The van der Waals surface area contributed by atoms with E-state index < -0.39 is 51.7 Å². The van der Waals surface area contributed by atoms with Crippen LogP contribution in [0.1, 0.15) is 48.1 Å². The molecule has 3 amide bonds. The van der Waals surface area contributed by atoms with Gasteiger partial charge in [-0.25, -0.2) is 9.37 Å². The number of benzene rings is 1. The molecule has 192 valence electrons. The highest BCUT2D eigenvalue weighted by Crippen LogP contribution is 2.42. The van der Waals surface area contributed by atoms with E-state index in [-0.39, 0.29) is 25.5 Å². The van der Waals surface area contributed by atoms with Crippen LogP contribution in [0.15, 0.2) is 29.1 Å². The number of amides is 3. The van der Waals surface area contributed by atoms with Crippen molar-refractivity contribution in [3.63, 3.8) is 0 Å². The van der Waals surface area contributed by atoms with E-state index in [4.69, 9.17) is 4.74 Å². The zero-order valence-corrected chi connectivity index (χ0v) is 20.3. The molecular formula is C24H28FN5O6. The van der Waals surface area contributed by atoms with Gasteiger partial charge in [-0.3, -0.25) is 23.7 Å². The monoisotopic (exact) mass is 501 g/mol. The minimum absolute atomic E-state index is 0.0000757. The predicted octanol–water partition coefficient (Wildman–Crippen LogP) is 0.391. The number of aromatic hydroxyl groups is 1. The van der Waals surface area contributed by atoms with Crippen molar-refractivity contribution in [2.75, 3.05) is 20.7 Å². The third kappa shape index (κ3) is 4.43.